The van der Waals surface area contributed by atoms with Gasteiger partial charge in [0.05, 0.1) is 5.71 Å². The SMILES string of the molecule is C/C(=N\OCC(=O)OCC(=O)NC1CCCCCCC1)c1ccc2c(c1)OCO2. The quantitative estimate of drug-likeness (QED) is 0.426. The third-order valence-corrected chi connectivity index (χ3v) is 5.01. The van der Waals surface area contributed by atoms with E-state index in [1.54, 1.807) is 19.1 Å². The largest absolute Gasteiger partial charge is 0.454 e. The van der Waals surface area contributed by atoms with Gasteiger partial charge < -0.3 is 24.4 Å². The van der Waals surface area contributed by atoms with Crippen LogP contribution in [0.2, 0.25) is 0 Å². The monoisotopic (exact) mass is 404 g/mol. The number of benzene rings is 1. The van der Waals surface area contributed by atoms with Crippen LogP contribution in [0, 0.1) is 0 Å². The second-order valence-electron chi connectivity index (χ2n) is 7.29. The Balaban J connectivity index is 1.36. The van der Waals surface area contributed by atoms with Gasteiger partial charge in [0.15, 0.2) is 18.1 Å². The molecule has 2 aliphatic rings. The van der Waals surface area contributed by atoms with E-state index in [1.165, 1.54) is 19.3 Å². The van der Waals surface area contributed by atoms with Crippen LogP contribution in [0.5, 0.6) is 11.5 Å². The Hall–Kier alpha value is -2.77. The lowest BCUT2D eigenvalue weighted by Crippen LogP contribution is -2.38. The van der Waals surface area contributed by atoms with Crippen LogP contribution >= 0.6 is 0 Å². The first-order chi connectivity index (χ1) is 14.1. The Morgan fingerprint density at radius 2 is 1.79 bits per heavy atom. The standard InChI is InChI=1S/C21H28N2O6/c1-15(16-9-10-18-19(11-16)28-14-27-18)23-29-13-21(25)26-12-20(24)22-17-7-5-3-2-4-6-8-17/h9-11,17H,2-8,12-14H2,1H3,(H,22,24)/b23-15+. The molecule has 1 amide bonds. The van der Waals surface area contributed by atoms with Crippen LogP contribution in [-0.2, 0) is 19.2 Å². The third-order valence-electron chi connectivity index (χ3n) is 5.01. The van der Waals surface area contributed by atoms with Crippen molar-refractivity contribution in [1.29, 1.82) is 0 Å². The molecule has 0 spiro atoms. The van der Waals surface area contributed by atoms with Crippen LogP contribution in [0.3, 0.4) is 0 Å². The molecule has 0 bridgehead atoms. The molecule has 29 heavy (non-hydrogen) atoms. The summed E-state index contributed by atoms with van der Waals surface area (Å²) in [5.74, 6) is 0.416. The van der Waals surface area contributed by atoms with Gasteiger partial charge in [0.25, 0.3) is 5.91 Å². The van der Waals surface area contributed by atoms with Crippen molar-refractivity contribution in [3.63, 3.8) is 0 Å². The van der Waals surface area contributed by atoms with Crippen molar-refractivity contribution >= 4 is 17.6 Å². The highest BCUT2D eigenvalue weighted by Gasteiger charge is 2.16. The fraction of sp³-hybridized carbons (Fsp3) is 0.571. The number of nitrogens with zero attached hydrogens (tertiary/aromatic N) is 1. The normalized spacial score (nSPS) is 17.2. The van der Waals surface area contributed by atoms with Crippen molar-refractivity contribution in [3.8, 4) is 11.5 Å². The summed E-state index contributed by atoms with van der Waals surface area (Å²) in [6, 6.07) is 5.59. The molecule has 1 aliphatic heterocycles. The van der Waals surface area contributed by atoms with Crippen molar-refractivity contribution in [2.24, 2.45) is 5.16 Å². The van der Waals surface area contributed by atoms with E-state index in [2.05, 4.69) is 10.5 Å². The summed E-state index contributed by atoms with van der Waals surface area (Å²) in [6.45, 7) is 1.29. The number of hydrogen-bond donors (Lipinski definition) is 1. The van der Waals surface area contributed by atoms with E-state index in [4.69, 9.17) is 19.0 Å². The van der Waals surface area contributed by atoms with Gasteiger partial charge in [0.2, 0.25) is 13.4 Å². The Labute approximate surface area is 170 Å². The molecule has 1 saturated carbocycles. The van der Waals surface area contributed by atoms with Gasteiger partial charge >= 0.3 is 5.97 Å². The minimum Gasteiger partial charge on any atom is -0.454 e. The Bertz CT molecular complexity index is 741. The van der Waals surface area contributed by atoms with Gasteiger partial charge in [-0.25, -0.2) is 4.79 Å². The van der Waals surface area contributed by atoms with Crippen LogP contribution in [0.1, 0.15) is 57.4 Å². The molecule has 1 N–H and O–H groups in total. The molecule has 158 valence electrons. The van der Waals surface area contributed by atoms with Crippen molar-refractivity contribution in [1.82, 2.24) is 5.32 Å². The molecule has 3 rings (SSSR count). The van der Waals surface area contributed by atoms with Crippen molar-refractivity contribution in [2.75, 3.05) is 20.0 Å². The van der Waals surface area contributed by atoms with Gasteiger partial charge in [-0.3, -0.25) is 4.79 Å². The van der Waals surface area contributed by atoms with Gasteiger partial charge in [-0.05, 0) is 38.0 Å². The van der Waals surface area contributed by atoms with E-state index >= 15 is 0 Å². The molecule has 1 aromatic carbocycles. The van der Waals surface area contributed by atoms with Crippen molar-refractivity contribution < 1.29 is 28.6 Å². The first kappa shape index (κ1) is 21.0. The number of amides is 1. The van der Waals surface area contributed by atoms with Crippen molar-refractivity contribution in [3.05, 3.63) is 23.8 Å². The fourth-order valence-corrected chi connectivity index (χ4v) is 3.41. The predicted octanol–water partition coefficient (Wildman–Crippen LogP) is 2.93. The first-order valence-electron chi connectivity index (χ1n) is 10.1. The molecule has 1 aromatic rings. The van der Waals surface area contributed by atoms with E-state index in [0.29, 0.717) is 17.2 Å². The zero-order valence-electron chi connectivity index (χ0n) is 16.8. The molecule has 0 atom stereocenters. The zero-order chi connectivity index (χ0) is 20.5. The van der Waals surface area contributed by atoms with Crippen LogP contribution in [-0.4, -0.2) is 43.6 Å². The minimum atomic E-state index is -0.639. The van der Waals surface area contributed by atoms with E-state index < -0.39 is 5.97 Å². The summed E-state index contributed by atoms with van der Waals surface area (Å²) >= 11 is 0. The van der Waals surface area contributed by atoms with E-state index in [9.17, 15) is 9.59 Å². The second-order valence-corrected chi connectivity index (χ2v) is 7.29. The first-order valence-corrected chi connectivity index (χ1v) is 10.1. The third kappa shape index (κ3) is 6.66. The summed E-state index contributed by atoms with van der Waals surface area (Å²) in [5.41, 5.74) is 1.37. The summed E-state index contributed by atoms with van der Waals surface area (Å²) in [5, 5.41) is 6.87. The van der Waals surface area contributed by atoms with E-state index in [0.717, 1.165) is 31.2 Å². The number of carbonyl (C=O) groups excluding carboxylic acids is 2. The number of esters is 1. The van der Waals surface area contributed by atoms with Crippen LogP contribution < -0.4 is 14.8 Å². The molecule has 8 heteroatoms. The Morgan fingerprint density at radius 1 is 1.07 bits per heavy atom. The fourth-order valence-electron chi connectivity index (χ4n) is 3.41. The maximum Gasteiger partial charge on any atom is 0.347 e. The number of hydrogen-bond acceptors (Lipinski definition) is 7. The average Bonchev–Trinajstić information content (AvgIpc) is 3.16. The number of nitrogens with one attached hydrogen (secondary N) is 1. The minimum absolute atomic E-state index is 0.173. The lowest BCUT2D eigenvalue weighted by atomic mass is 9.97. The number of rotatable bonds is 7. The Morgan fingerprint density at radius 3 is 2.59 bits per heavy atom. The highest BCUT2D eigenvalue weighted by molar-refractivity contribution is 5.99. The van der Waals surface area contributed by atoms with Crippen LogP contribution in [0.4, 0.5) is 0 Å². The molecular weight excluding hydrogens is 376 g/mol. The topological polar surface area (TPSA) is 95.5 Å². The second kappa shape index (κ2) is 10.7. The Kier molecular flexibility index (Phi) is 7.72. The summed E-state index contributed by atoms with van der Waals surface area (Å²) in [6.07, 6.45) is 7.91. The summed E-state index contributed by atoms with van der Waals surface area (Å²) < 4.78 is 15.6. The maximum absolute atomic E-state index is 12.0. The molecule has 0 saturated heterocycles. The smallest absolute Gasteiger partial charge is 0.347 e. The molecule has 1 aliphatic carbocycles. The lowest BCUT2D eigenvalue weighted by Gasteiger charge is -2.20. The highest BCUT2D eigenvalue weighted by atomic mass is 16.7. The van der Waals surface area contributed by atoms with E-state index in [1.807, 2.05) is 6.07 Å². The van der Waals surface area contributed by atoms with Gasteiger partial charge in [-0.1, -0.05) is 37.3 Å². The van der Waals surface area contributed by atoms with Gasteiger partial charge in [-0.15, -0.1) is 0 Å². The molecule has 8 nitrogen and oxygen atoms in total. The summed E-state index contributed by atoms with van der Waals surface area (Å²) in [4.78, 5) is 28.8. The van der Waals surface area contributed by atoms with E-state index in [-0.39, 0.29) is 32.0 Å². The van der Waals surface area contributed by atoms with Crippen LogP contribution in [0.15, 0.2) is 23.4 Å². The van der Waals surface area contributed by atoms with Crippen molar-refractivity contribution in [2.45, 2.75) is 57.9 Å². The highest BCUT2D eigenvalue weighted by Crippen LogP contribution is 2.32. The summed E-state index contributed by atoms with van der Waals surface area (Å²) in [7, 11) is 0. The lowest BCUT2D eigenvalue weighted by molar-refractivity contribution is -0.153. The number of ether oxygens (including phenoxy) is 3. The average molecular weight is 404 g/mol. The predicted molar refractivity (Wildman–Crippen MR) is 106 cm³/mol. The van der Waals surface area contributed by atoms with Gasteiger partial charge in [0.1, 0.15) is 0 Å². The van der Waals surface area contributed by atoms with Crippen LogP contribution in [0.25, 0.3) is 0 Å². The molecule has 1 fully saturated rings. The molecule has 0 radical (unpaired) electrons. The number of carbonyl (C=O) groups is 2. The molecule has 0 aromatic heterocycles. The number of oxime groups is 1. The maximum atomic E-state index is 12.0. The zero-order valence-corrected chi connectivity index (χ0v) is 16.8. The molecular formula is C21H28N2O6. The molecule has 0 unspecified atom stereocenters. The van der Waals surface area contributed by atoms with Gasteiger partial charge in [-0.2, -0.15) is 0 Å². The number of fused-ring (bicyclic) bond motifs is 1. The molecule has 1 heterocycles. The van der Waals surface area contributed by atoms with Gasteiger partial charge in [0, 0.05) is 11.6 Å².